The van der Waals surface area contributed by atoms with E-state index in [0.717, 1.165) is 12.8 Å². The number of carbonyl (C=O) groups excluding carboxylic acids is 5. The first-order valence-corrected chi connectivity index (χ1v) is 9.50. The van der Waals surface area contributed by atoms with E-state index in [1.54, 1.807) is 12.1 Å². The summed E-state index contributed by atoms with van der Waals surface area (Å²) in [7, 11) is 0. The molecule has 9 nitrogen and oxygen atoms in total. The van der Waals surface area contributed by atoms with Gasteiger partial charge in [0.15, 0.2) is 5.92 Å². The summed E-state index contributed by atoms with van der Waals surface area (Å²) in [4.78, 5) is 64.7. The van der Waals surface area contributed by atoms with E-state index in [4.69, 9.17) is 14.3 Å². The number of esters is 2. The highest BCUT2D eigenvalue weighted by atomic mass is 16.7. The largest absolute Gasteiger partial charge is 0.422 e. The Morgan fingerprint density at radius 1 is 0.966 bits per heavy atom. The summed E-state index contributed by atoms with van der Waals surface area (Å²) < 4.78 is 10.8. The smallest absolute Gasteiger partial charge is 0.363 e. The van der Waals surface area contributed by atoms with E-state index < -0.39 is 41.4 Å². The molecule has 1 aliphatic carbocycles. The van der Waals surface area contributed by atoms with Gasteiger partial charge in [-0.25, -0.2) is 4.79 Å². The molecule has 0 unspecified atom stereocenters. The number of amides is 2. The fourth-order valence-electron chi connectivity index (χ4n) is 3.72. The first kappa shape index (κ1) is 19.1. The van der Waals surface area contributed by atoms with Crippen LogP contribution >= 0.6 is 0 Å². The van der Waals surface area contributed by atoms with Crippen molar-refractivity contribution in [1.82, 2.24) is 5.06 Å². The van der Waals surface area contributed by atoms with Gasteiger partial charge in [-0.3, -0.25) is 19.2 Å². The minimum atomic E-state index is -1.09. The van der Waals surface area contributed by atoms with E-state index >= 15 is 0 Å². The molecule has 3 aliphatic rings. The standard InChI is InChI=1S/C20H19NO8/c22-15-7-8-16(23)21(15)29-17(24)13-5-3-12(4-6-13)11-14-18(25)27-20(28-19(14)26)9-1-2-10-20/h3-6,14H,1-2,7-11H2. The fourth-order valence-corrected chi connectivity index (χ4v) is 3.72. The van der Waals surface area contributed by atoms with Crippen molar-refractivity contribution in [3.8, 4) is 0 Å². The molecule has 0 bridgehead atoms. The zero-order valence-electron chi connectivity index (χ0n) is 15.5. The number of hydroxylamine groups is 2. The molecule has 2 amide bonds. The zero-order chi connectivity index (χ0) is 20.6. The van der Waals surface area contributed by atoms with Crippen LogP contribution in [-0.4, -0.2) is 40.6 Å². The van der Waals surface area contributed by atoms with Gasteiger partial charge < -0.3 is 14.3 Å². The predicted octanol–water partition coefficient (Wildman–Crippen LogP) is 1.44. The maximum atomic E-state index is 12.3. The molecule has 3 fully saturated rings. The molecule has 1 saturated carbocycles. The van der Waals surface area contributed by atoms with Gasteiger partial charge >= 0.3 is 17.9 Å². The average Bonchev–Trinajstić information content (AvgIpc) is 3.26. The maximum absolute atomic E-state index is 12.3. The Bertz CT molecular complexity index is 848. The Kier molecular flexibility index (Phi) is 4.81. The third-order valence-electron chi connectivity index (χ3n) is 5.32. The summed E-state index contributed by atoms with van der Waals surface area (Å²) in [6, 6.07) is 5.98. The fraction of sp³-hybridized carbons (Fsp3) is 0.450. The molecule has 0 radical (unpaired) electrons. The number of hydrogen-bond acceptors (Lipinski definition) is 8. The molecule has 9 heteroatoms. The Balaban J connectivity index is 1.39. The van der Waals surface area contributed by atoms with Gasteiger partial charge in [0, 0.05) is 25.7 Å². The van der Waals surface area contributed by atoms with E-state index in [0.29, 0.717) is 23.5 Å². The molecule has 0 N–H and O–H groups in total. The van der Waals surface area contributed by atoms with Crippen LogP contribution in [0.4, 0.5) is 0 Å². The number of carbonyl (C=O) groups is 5. The van der Waals surface area contributed by atoms with Crippen molar-refractivity contribution in [3.63, 3.8) is 0 Å². The molecule has 152 valence electrons. The van der Waals surface area contributed by atoms with Crippen molar-refractivity contribution in [2.75, 3.05) is 0 Å². The average molecular weight is 401 g/mol. The lowest BCUT2D eigenvalue weighted by Crippen LogP contribution is -2.48. The molecule has 4 rings (SSSR count). The van der Waals surface area contributed by atoms with Crippen LogP contribution in [0.15, 0.2) is 24.3 Å². The predicted molar refractivity (Wildman–Crippen MR) is 93.5 cm³/mol. The number of ether oxygens (including phenoxy) is 2. The van der Waals surface area contributed by atoms with Crippen molar-refractivity contribution in [1.29, 1.82) is 0 Å². The highest BCUT2D eigenvalue weighted by molar-refractivity contribution is 6.02. The third-order valence-corrected chi connectivity index (χ3v) is 5.32. The van der Waals surface area contributed by atoms with Crippen LogP contribution in [-0.2, 0) is 39.9 Å². The highest BCUT2D eigenvalue weighted by Gasteiger charge is 2.50. The van der Waals surface area contributed by atoms with E-state index in [-0.39, 0.29) is 24.8 Å². The van der Waals surface area contributed by atoms with E-state index in [1.165, 1.54) is 12.1 Å². The van der Waals surface area contributed by atoms with Crippen LogP contribution in [0.3, 0.4) is 0 Å². The quantitative estimate of drug-likeness (QED) is 0.423. The molecule has 2 saturated heterocycles. The molecule has 1 aromatic rings. The van der Waals surface area contributed by atoms with Crippen molar-refractivity contribution < 1.29 is 38.3 Å². The highest BCUT2D eigenvalue weighted by Crippen LogP contribution is 2.39. The molecular formula is C20H19NO8. The second-order valence-electron chi connectivity index (χ2n) is 7.37. The van der Waals surface area contributed by atoms with Crippen molar-refractivity contribution in [2.24, 2.45) is 5.92 Å². The number of hydrogen-bond donors (Lipinski definition) is 0. The Morgan fingerprint density at radius 2 is 1.52 bits per heavy atom. The Morgan fingerprint density at radius 3 is 2.07 bits per heavy atom. The summed E-state index contributed by atoms with van der Waals surface area (Å²) in [6.45, 7) is 0. The molecule has 1 spiro atoms. The summed E-state index contributed by atoms with van der Waals surface area (Å²) in [5, 5.41) is 0.475. The number of rotatable bonds is 4. The molecule has 29 heavy (non-hydrogen) atoms. The molecule has 1 aromatic carbocycles. The summed E-state index contributed by atoms with van der Waals surface area (Å²) >= 11 is 0. The Labute approximate surface area is 165 Å². The van der Waals surface area contributed by atoms with Crippen LogP contribution in [0, 0.1) is 5.92 Å². The number of benzene rings is 1. The summed E-state index contributed by atoms with van der Waals surface area (Å²) in [6.07, 6.45) is 2.84. The maximum Gasteiger partial charge on any atom is 0.363 e. The first-order valence-electron chi connectivity index (χ1n) is 9.50. The van der Waals surface area contributed by atoms with Crippen LogP contribution in [0.1, 0.15) is 54.4 Å². The van der Waals surface area contributed by atoms with E-state index in [9.17, 15) is 24.0 Å². The van der Waals surface area contributed by atoms with Gasteiger partial charge in [-0.05, 0) is 37.0 Å². The van der Waals surface area contributed by atoms with Gasteiger partial charge in [0.1, 0.15) is 0 Å². The van der Waals surface area contributed by atoms with E-state index in [2.05, 4.69) is 0 Å². The normalized spacial score (nSPS) is 21.4. The molecule has 0 aromatic heterocycles. The molecular weight excluding hydrogens is 382 g/mol. The van der Waals surface area contributed by atoms with Gasteiger partial charge in [-0.15, -0.1) is 5.06 Å². The van der Waals surface area contributed by atoms with Crippen molar-refractivity contribution in [3.05, 3.63) is 35.4 Å². The Hall–Kier alpha value is -3.23. The third kappa shape index (κ3) is 3.72. The topological polar surface area (TPSA) is 116 Å². The van der Waals surface area contributed by atoms with Gasteiger partial charge in [0.05, 0.1) is 5.56 Å². The minimum Gasteiger partial charge on any atom is -0.422 e. The van der Waals surface area contributed by atoms with Gasteiger partial charge in [-0.2, -0.15) is 0 Å². The lowest BCUT2D eigenvalue weighted by atomic mass is 9.97. The van der Waals surface area contributed by atoms with E-state index in [1.807, 2.05) is 0 Å². The molecule has 2 aliphatic heterocycles. The van der Waals surface area contributed by atoms with Crippen LogP contribution in [0.2, 0.25) is 0 Å². The van der Waals surface area contributed by atoms with Gasteiger partial charge in [0.25, 0.3) is 17.6 Å². The number of imide groups is 1. The van der Waals surface area contributed by atoms with Crippen molar-refractivity contribution in [2.45, 2.75) is 50.7 Å². The summed E-state index contributed by atoms with van der Waals surface area (Å²) in [5.74, 6) is -5.32. The monoisotopic (exact) mass is 401 g/mol. The van der Waals surface area contributed by atoms with Gasteiger partial charge in [0.2, 0.25) is 0 Å². The lowest BCUT2D eigenvalue weighted by Gasteiger charge is -2.35. The second kappa shape index (κ2) is 7.31. The number of nitrogens with zero attached hydrogens (tertiary/aromatic N) is 1. The van der Waals surface area contributed by atoms with Gasteiger partial charge in [-0.1, -0.05) is 12.1 Å². The van der Waals surface area contributed by atoms with Crippen LogP contribution in [0.5, 0.6) is 0 Å². The summed E-state index contributed by atoms with van der Waals surface area (Å²) in [5.41, 5.74) is 0.746. The van der Waals surface area contributed by atoms with Crippen LogP contribution < -0.4 is 0 Å². The lowest BCUT2D eigenvalue weighted by molar-refractivity contribution is -0.249. The molecule has 2 heterocycles. The second-order valence-corrected chi connectivity index (χ2v) is 7.37. The first-order chi connectivity index (χ1) is 13.9. The zero-order valence-corrected chi connectivity index (χ0v) is 15.5. The molecule has 0 atom stereocenters. The SMILES string of the molecule is O=C(ON1C(=O)CCC1=O)c1ccc(CC2C(=O)OC3(CCCC3)OC2=O)cc1. The van der Waals surface area contributed by atoms with Crippen molar-refractivity contribution >= 4 is 29.7 Å². The van der Waals surface area contributed by atoms with Crippen LogP contribution in [0.25, 0.3) is 0 Å². The minimum absolute atomic E-state index is 0.0138.